The van der Waals surface area contributed by atoms with Gasteiger partial charge in [0.05, 0.1) is 11.5 Å². The number of carbonyl (C=O) groups is 2. The summed E-state index contributed by atoms with van der Waals surface area (Å²) in [5.74, 6) is -1.26. The van der Waals surface area contributed by atoms with E-state index in [0.717, 1.165) is 30.7 Å². The van der Waals surface area contributed by atoms with E-state index in [1.165, 1.54) is 0 Å². The maximum Gasteiger partial charge on any atom is 0.416 e. The van der Waals surface area contributed by atoms with Crippen LogP contribution in [0.5, 0.6) is 0 Å². The molecule has 1 unspecified atom stereocenters. The minimum atomic E-state index is -4.42. The van der Waals surface area contributed by atoms with E-state index in [-0.39, 0.29) is 11.6 Å². The van der Waals surface area contributed by atoms with Crippen molar-refractivity contribution in [1.82, 2.24) is 0 Å². The van der Waals surface area contributed by atoms with Gasteiger partial charge in [-0.15, -0.1) is 0 Å². The van der Waals surface area contributed by atoms with Gasteiger partial charge in [0, 0.05) is 5.69 Å². The fraction of sp³-hybridized carbons (Fsp3) is 0.375. The van der Waals surface area contributed by atoms with Crippen molar-refractivity contribution >= 4 is 17.6 Å². The van der Waals surface area contributed by atoms with E-state index < -0.39 is 30.2 Å². The molecule has 2 rings (SSSR count). The van der Waals surface area contributed by atoms with E-state index in [9.17, 15) is 22.8 Å². The molecule has 0 spiro atoms. The van der Waals surface area contributed by atoms with Crippen molar-refractivity contribution in [2.75, 3.05) is 11.9 Å². The Morgan fingerprint density at radius 2 is 1.87 bits per heavy atom. The first-order valence-corrected chi connectivity index (χ1v) is 7.15. The molecule has 0 radical (unpaired) electrons. The second kappa shape index (κ2) is 7.30. The summed E-state index contributed by atoms with van der Waals surface area (Å²) in [5.41, 5.74) is -0.591. The van der Waals surface area contributed by atoms with Gasteiger partial charge < -0.3 is 10.1 Å². The third kappa shape index (κ3) is 5.12. The van der Waals surface area contributed by atoms with Crippen LogP contribution in [0, 0.1) is 5.92 Å². The number of nitrogens with one attached hydrogen (secondary N) is 1. The fourth-order valence-electron chi connectivity index (χ4n) is 2.20. The molecule has 1 aliphatic rings. The summed E-state index contributed by atoms with van der Waals surface area (Å²) >= 11 is 0. The second-order valence-electron chi connectivity index (χ2n) is 5.21. The lowest BCUT2D eigenvalue weighted by Crippen LogP contribution is -2.25. The lowest BCUT2D eigenvalue weighted by molar-refractivity contribution is -0.151. The Hall–Kier alpha value is -2.31. The van der Waals surface area contributed by atoms with Gasteiger partial charge in [-0.25, -0.2) is 0 Å². The van der Waals surface area contributed by atoms with Crippen molar-refractivity contribution in [3.05, 3.63) is 42.0 Å². The molecule has 1 amide bonds. The summed E-state index contributed by atoms with van der Waals surface area (Å²) in [6.45, 7) is -0.458. The van der Waals surface area contributed by atoms with Crippen molar-refractivity contribution < 1.29 is 27.5 Å². The highest BCUT2D eigenvalue weighted by molar-refractivity contribution is 5.92. The Bertz CT molecular complexity index is 594. The topological polar surface area (TPSA) is 55.4 Å². The quantitative estimate of drug-likeness (QED) is 0.680. The summed E-state index contributed by atoms with van der Waals surface area (Å²) < 4.78 is 42.2. The van der Waals surface area contributed by atoms with E-state index in [1.54, 1.807) is 0 Å². The number of ether oxygens (including phenoxy) is 1. The van der Waals surface area contributed by atoms with Crippen LogP contribution in [-0.2, 0) is 20.5 Å². The zero-order chi connectivity index (χ0) is 16.9. The minimum Gasteiger partial charge on any atom is -0.455 e. The highest BCUT2D eigenvalue weighted by atomic mass is 19.4. The molecule has 1 aromatic carbocycles. The second-order valence-corrected chi connectivity index (χ2v) is 5.21. The number of alkyl halides is 3. The summed E-state index contributed by atoms with van der Waals surface area (Å²) in [4.78, 5) is 23.4. The lowest BCUT2D eigenvalue weighted by atomic mass is 9.95. The Kier molecular flexibility index (Phi) is 5.41. The first kappa shape index (κ1) is 17.1. The van der Waals surface area contributed by atoms with Gasteiger partial charge in [0.25, 0.3) is 5.91 Å². The number of hydrogen-bond donors (Lipinski definition) is 1. The van der Waals surface area contributed by atoms with Gasteiger partial charge in [-0.3, -0.25) is 9.59 Å². The number of halogens is 3. The van der Waals surface area contributed by atoms with Crippen LogP contribution < -0.4 is 5.32 Å². The number of hydrogen-bond acceptors (Lipinski definition) is 3. The average Bonchev–Trinajstić information content (AvgIpc) is 2.53. The molecule has 1 aromatic rings. The standard InChI is InChI=1S/C16H16F3NO3/c17-16(18,19)12-6-8-13(9-7-12)20-14(21)10-23-15(22)11-4-2-1-3-5-11/h1-2,6-9,11H,3-5,10H2,(H,20,21). The fourth-order valence-corrected chi connectivity index (χ4v) is 2.20. The van der Waals surface area contributed by atoms with E-state index in [1.807, 2.05) is 12.2 Å². The molecule has 0 bridgehead atoms. The third-order valence-corrected chi connectivity index (χ3v) is 3.44. The van der Waals surface area contributed by atoms with Crippen molar-refractivity contribution in [3.8, 4) is 0 Å². The molecule has 0 aliphatic heterocycles. The van der Waals surface area contributed by atoms with Gasteiger partial charge in [0.15, 0.2) is 6.61 Å². The average molecular weight is 327 g/mol. The van der Waals surface area contributed by atoms with Gasteiger partial charge >= 0.3 is 12.1 Å². The van der Waals surface area contributed by atoms with Crippen LogP contribution in [0.3, 0.4) is 0 Å². The molecular formula is C16H16F3NO3. The smallest absolute Gasteiger partial charge is 0.416 e. The number of benzene rings is 1. The Morgan fingerprint density at radius 1 is 1.17 bits per heavy atom. The van der Waals surface area contributed by atoms with E-state index in [0.29, 0.717) is 12.8 Å². The van der Waals surface area contributed by atoms with Crippen LogP contribution in [0.15, 0.2) is 36.4 Å². The van der Waals surface area contributed by atoms with Gasteiger partial charge in [0.1, 0.15) is 0 Å². The summed E-state index contributed by atoms with van der Waals surface area (Å²) in [6.07, 6.45) is 1.55. The number of anilines is 1. The number of esters is 1. The summed E-state index contributed by atoms with van der Waals surface area (Å²) in [5, 5.41) is 2.38. The van der Waals surface area contributed by atoms with Crippen molar-refractivity contribution in [2.45, 2.75) is 25.4 Å². The molecule has 0 aromatic heterocycles. The lowest BCUT2D eigenvalue weighted by Gasteiger charge is -2.16. The highest BCUT2D eigenvalue weighted by Crippen LogP contribution is 2.29. The van der Waals surface area contributed by atoms with E-state index in [4.69, 9.17) is 4.74 Å². The van der Waals surface area contributed by atoms with Gasteiger partial charge in [-0.2, -0.15) is 13.2 Å². The monoisotopic (exact) mass is 327 g/mol. The van der Waals surface area contributed by atoms with Crippen LogP contribution >= 0.6 is 0 Å². The van der Waals surface area contributed by atoms with Crippen LogP contribution in [0.25, 0.3) is 0 Å². The van der Waals surface area contributed by atoms with Crippen molar-refractivity contribution in [3.63, 3.8) is 0 Å². The SMILES string of the molecule is O=C(COC(=O)C1CC=CCC1)Nc1ccc(C(F)(F)F)cc1. The zero-order valence-corrected chi connectivity index (χ0v) is 12.2. The van der Waals surface area contributed by atoms with Crippen LogP contribution in [0.1, 0.15) is 24.8 Å². The number of carbonyl (C=O) groups excluding carboxylic acids is 2. The highest BCUT2D eigenvalue weighted by Gasteiger charge is 2.30. The predicted molar refractivity (Wildman–Crippen MR) is 77.5 cm³/mol. The largest absolute Gasteiger partial charge is 0.455 e. The first-order valence-electron chi connectivity index (χ1n) is 7.15. The number of rotatable bonds is 4. The van der Waals surface area contributed by atoms with Gasteiger partial charge in [0.2, 0.25) is 0 Å². The molecule has 1 atom stereocenters. The Morgan fingerprint density at radius 3 is 2.43 bits per heavy atom. The first-order chi connectivity index (χ1) is 10.9. The van der Waals surface area contributed by atoms with Crippen LogP contribution in [0.2, 0.25) is 0 Å². The number of allylic oxidation sites excluding steroid dienone is 2. The molecule has 124 valence electrons. The molecule has 7 heteroatoms. The van der Waals surface area contributed by atoms with Crippen molar-refractivity contribution in [1.29, 1.82) is 0 Å². The van der Waals surface area contributed by atoms with Gasteiger partial charge in [-0.1, -0.05) is 12.2 Å². The summed E-state index contributed by atoms with van der Waals surface area (Å²) in [7, 11) is 0. The van der Waals surface area contributed by atoms with E-state index >= 15 is 0 Å². The maximum absolute atomic E-state index is 12.4. The normalized spacial score (nSPS) is 17.6. The van der Waals surface area contributed by atoms with Gasteiger partial charge in [-0.05, 0) is 43.5 Å². The molecule has 0 saturated carbocycles. The molecule has 23 heavy (non-hydrogen) atoms. The summed E-state index contributed by atoms with van der Waals surface area (Å²) in [6, 6.07) is 4.04. The number of amides is 1. The molecule has 4 nitrogen and oxygen atoms in total. The predicted octanol–water partition coefficient (Wildman–Crippen LogP) is 3.54. The van der Waals surface area contributed by atoms with E-state index in [2.05, 4.69) is 5.32 Å². The molecule has 0 saturated heterocycles. The molecule has 0 fully saturated rings. The maximum atomic E-state index is 12.4. The third-order valence-electron chi connectivity index (χ3n) is 3.44. The molecule has 0 heterocycles. The molecular weight excluding hydrogens is 311 g/mol. The van der Waals surface area contributed by atoms with Crippen LogP contribution in [-0.4, -0.2) is 18.5 Å². The zero-order valence-electron chi connectivity index (χ0n) is 12.2. The Balaban J connectivity index is 1.80. The van der Waals surface area contributed by atoms with Crippen LogP contribution in [0.4, 0.5) is 18.9 Å². The minimum absolute atomic E-state index is 0.208. The molecule has 1 N–H and O–H groups in total. The molecule has 1 aliphatic carbocycles. The Labute approximate surface area is 131 Å². The van der Waals surface area contributed by atoms with Crippen molar-refractivity contribution in [2.24, 2.45) is 5.92 Å².